The van der Waals surface area contributed by atoms with E-state index in [1.807, 2.05) is 19.1 Å². The summed E-state index contributed by atoms with van der Waals surface area (Å²) in [5.74, 6) is -2.87. The zero-order chi connectivity index (χ0) is 14.7. The van der Waals surface area contributed by atoms with Gasteiger partial charge in [0.25, 0.3) is 0 Å². The summed E-state index contributed by atoms with van der Waals surface area (Å²) in [4.78, 5) is 0. The van der Waals surface area contributed by atoms with Gasteiger partial charge < -0.3 is 5.73 Å². The van der Waals surface area contributed by atoms with Crippen LogP contribution in [0.25, 0.3) is 0 Å². The molecule has 20 heavy (non-hydrogen) atoms. The van der Waals surface area contributed by atoms with Gasteiger partial charge in [-0.15, -0.1) is 0 Å². The molecular weight excluding hydrogens is 263 g/mol. The van der Waals surface area contributed by atoms with Gasteiger partial charge in [-0.25, -0.2) is 13.2 Å². The van der Waals surface area contributed by atoms with Crippen molar-refractivity contribution >= 4 is 0 Å². The summed E-state index contributed by atoms with van der Waals surface area (Å²) in [5, 5.41) is 0. The average Bonchev–Trinajstić information content (AvgIpc) is 2.38. The largest absolute Gasteiger partial charge is 0.320 e. The quantitative estimate of drug-likeness (QED) is 0.895. The molecule has 2 aromatic carbocycles. The lowest BCUT2D eigenvalue weighted by Crippen LogP contribution is -2.16. The molecule has 2 N–H and O–H groups in total. The predicted octanol–water partition coefficient (Wildman–Crippen LogP) is 4.10. The van der Waals surface area contributed by atoms with Crippen LogP contribution in [0, 0.1) is 17.5 Å². The number of hydrogen-bond donors (Lipinski definition) is 1. The van der Waals surface area contributed by atoms with E-state index in [1.165, 1.54) is 0 Å². The molecule has 0 radical (unpaired) electrons. The first kappa shape index (κ1) is 14.6. The number of hydrogen-bond acceptors (Lipinski definition) is 1. The lowest BCUT2D eigenvalue weighted by Gasteiger charge is -2.15. The van der Waals surface area contributed by atoms with Crippen LogP contribution in [0.2, 0.25) is 0 Å². The van der Waals surface area contributed by atoms with E-state index in [0.717, 1.165) is 18.4 Å². The smallest absolute Gasteiger partial charge is 0.134 e. The van der Waals surface area contributed by atoms with Crippen molar-refractivity contribution in [2.45, 2.75) is 25.8 Å². The molecule has 0 aliphatic rings. The second-order valence-electron chi connectivity index (χ2n) is 4.76. The Balaban J connectivity index is 2.41. The third-order valence-electron chi connectivity index (χ3n) is 3.20. The minimum atomic E-state index is -0.962. The Hall–Kier alpha value is -1.81. The first-order valence-corrected chi connectivity index (χ1v) is 6.51. The summed E-state index contributed by atoms with van der Waals surface area (Å²) >= 11 is 0. The van der Waals surface area contributed by atoms with Crippen molar-refractivity contribution in [1.29, 1.82) is 0 Å². The lowest BCUT2D eigenvalue weighted by molar-refractivity contribution is 0.515. The summed E-state index contributed by atoms with van der Waals surface area (Å²) in [5.41, 5.74) is 7.30. The number of halogens is 3. The highest BCUT2D eigenvalue weighted by atomic mass is 19.1. The van der Waals surface area contributed by atoms with Crippen molar-refractivity contribution in [2.75, 3.05) is 0 Å². The van der Waals surface area contributed by atoms with E-state index in [1.54, 1.807) is 12.1 Å². The zero-order valence-corrected chi connectivity index (χ0v) is 11.2. The molecule has 2 aromatic rings. The zero-order valence-electron chi connectivity index (χ0n) is 11.2. The standard InChI is InChI=1S/C16H16F3N/c1-2-4-10-5-3-6-11(7-10)16(20)15-13(18)8-12(17)9-14(15)19/h3,5-9,16H,2,4,20H2,1H3. The first-order chi connectivity index (χ1) is 9.52. The van der Waals surface area contributed by atoms with E-state index in [-0.39, 0.29) is 5.56 Å². The maximum Gasteiger partial charge on any atom is 0.134 e. The molecule has 0 aliphatic heterocycles. The van der Waals surface area contributed by atoms with Crippen LogP contribution < -0.4 is 5.73 Å². The fraction of sp³-hybridized carbons (Fsp3) is 0.250. The molecule has 0 aromatic heterocycles. The Morgan fingerprint density at radius 3 is 2.30 bits per heavy atom. The SMILES string of the molecule is CCCc1cccc(C(N)c2c(F)cc(F)cc2F)c1. The summed E-state index contributed by atoms with van der Waals surface area (Å²) in [6.45, 7) is 2.05. The van der Waals surface area contributed by atoms with Gasteiger partial charge in [0.1, 0.15) is 17.5 Å². The van der Waals surface area contributed by atoms with Gasteiger partial charge in [-0.05, 0) is 17.5 Å². The highest BCUT2D eigenvalue weighted by Gasteiger charge is 2.19. The van der Waals surface area contributed by atoms with Gasteiger partial charge in [-0.3, -0.25) is 0 Å². The van der Waals surface area contributed by atoms with E-state index in [4.69, 9.17) is 5.73 Å². The normalized spacial score (nSPS) is 12.4. The van der Waals surface area contributed by atoms with Gasteiger partial charge in [0, 0.05) is 17.7 Å². The first-order valence-electron chi connectivity index (χ1n) is 6.51. The highest BCUT2D eigenvalue weighted by Crippen LogP contribution is 2.26. The molecule has 106 valence electrons. The third-order valence-corrected chi connectivity index (χ3v) is 3.20. The molecule has 0 bridgehead atoms. The van der Waals surface area contributed by atoms with Gasteiger partial charge in [-0.2, -0.15) is 0 Å². The van der Waals surface area contributed by atoms with E-state index in [0.29, 0.717) is 17.7 Å². The molecule has 0 aliphatic carbocycles. The summed E-state index contributed by atoms with van der Waals surface area (Å²) in [6.07, 6.45) is 1.84. The van der Waals surface area contributed by atoms with E-state index < -0.39 is 23.5 Å². The van der Waals surface area contributed by atoms with Gasteiger partial charge >= 0.3 is 0 Å². The molecule has 1 unspecified atom stereocenters. The summed E-state index contributed by atoms with van der Waals surface area (Å²) in [7, 11) is 0. The van der Waals surface area contributed by atoms with Gasteiger partial charge in [0.15, 0.2) is 0 Å². The molecule has 4 heteroatoms. The predicted molar refractivity (Wildman–Crippen MR) is 72.8 cm³/mol. The minimum Gasteiger partial charge on any atom is -0.320 e. The van der Waals surface area contributed by atoms with Gasteiger partial charge in [0.05, 0.1) is 6.04 Å². The molecule has 1 nitrogen and oxygen atoms in total. The molecular formula is C16H16F3N. The van der Waals surface area contributed by atoms with Crippen LogP contribution in [0.4, 0.5) is 13.2 Å². The van der Waals surface area contributed by atoms with Crippen LogP contribution in [0.1, 0.15) is 36.1 Å². The molecule has 0 heterocycles. The minimum absolute atomic E-state index is 0.306. The van der Waals surface area contributed by atoms with Gasteiger partial charge in [0.2, 0.25) is 0 Å². The second kappa shape index (κ2) is 6.09. The van der Waals surface area contributed by atoms with Crippen molar-refractivity contribution in [3.8, 4) is 0 Å². The molecule has 1 atom stereocenters. The van der Waals surface area contributed by atoms with E-state index in [2.05, 4.69) is 0 Å². The average molecular weight is 279 g/mol. The maximum absolute atomic E-state index is 13.7. The second-order valence-corrected chi connectivity index (χ2v) is 4.76. The Morgan fingerprint density at radius 1 is 1.05 bits per heavy atom. The van der Waals surface area contributed by atoms with E-state index >= 15 is 0 Å². The Morgan fingerprint density at radius 2 is 1.70 bits per heavy atom. The van der Waals surface area contributed by atoms with Crippen molar-refractivity contribution in [1.82, 2.24) is 0 Å². The van der Waals surface area contributed by atoms with Gasteiger partial charge in [-0.1, -0.05) is 37.6 Å². The Kier molecular flexibility index (Phi) is 4.45. The Labute approximate surface area is 116 Å². The highest BCUT2D eigenvalue weighted by molar-refractivity contribution is 5.35. The monoisotopic (exact) mass is 279 g/mol. The summed E-state index contributed by atoms with van der Waals surface area (Å²) < 4.78 is 40.4. The van der Waals surface area contributed by atoms with Crippen LogP contribution in [0.5, 0.6) is 0 Å². The molecule has 0 amide bonds. The van der Waals surface area contributed by atoms with E-state index in [9.17, 15) is 13.2 Å². The van der Waals surface area contributed by atoms with Crippen molar-refractivity contribution in [3.05, 3.63) is 70.5 Å². The topological polar surface area (TPSA) is 26.0 Å². The van der Waals surface area contributed by atoms with Crippen molar-refractivity contribution in [3.63, 3.8) is 0 Å². The van der Waals surface area contributed by atoms with Crippen LogP contribution in [-0.2, 0) is 6.42 Å². The number of aryl methyl sites for hydroxylation is 1. The Bertz CT molecular complexity index is 587. The molecule has 0 saturated heterocycles. The van der Waals surface area contributed by atoms with Crippen molar-refractivity contribution < 1.29 is 13.2 Å². The fourth-order valence-electron chi connectivity index (χ4n) is 2.25. The third kappa shape index (κ3) is 3.02. The van der Waals surface area contributed by atoms with Crippen LogP contribution >= 0.6 is 0 Å². The lowest BCUT2D eigenvalue weighted by atomic mass is 9.96. The number of nitrogens with two attached hydrogens (primary N) is 1. The van der Waals surface area contributed by atoms with Crippen molar-refractivity contribution in [2.24, 2.45) is 5.73 Å². The maximum atomic E-state index is 13.7. The summed E-state index contributed by atoms with van der Waals surface area (Å²) in [6, 6.07) is 7.63. The molecule has 0 saturated carbocycles. The number of benzene rings is 2. The van der Waals surface area contributed by atoms with Crippen LogP contribution in [-0.4, -0.2) is 0 Å². The molecule has 0 spiro atoms. The number of rotatable bonds is 4. The van der Waals surface area contributed by atoms with Crippen LogP contribution in [0.3, 0.4) is 0 Å². The molecule has 0 fully saturated rings. The van der Waals surface area contributed by atoms with Crippen LogP contribution in [0.15, 0.2) is 36.4 Å². The molecule has 2 rings (SSSR count). The fourth-order valence-corrected chi connectivity index (χ4v) is 2.25.